The average molecular weight is 191 g/mol. The molecular weight excluding hydrogens is 178 g/mol. The summed E-state index contributed by atoms with van der Waals surface area (Å²) in [5, 5.41) is 13.0. The molecule has 0 aromatic carbocycles. The van der Waals surface area contributed by atoms with E-state index in [9.17, 15) is 8.42 Å². The SMILES string of the molecule is C[C@@H](O)CNC1C=CS(=O)(=O)C1. The molecule has 0 amide bonds. The molecule has 1 aliphatic rings. The Morgan fingerprint density at radius 3 is 2.83 bits per heavy atom. The summed E-state index contributed by atoms with van der Waals surface area (Å²) in [7, 11) is -2.97. The monoisotopic (exact) mass is 191 g/mol. The Labute approximate surface area is 72.2 Å². The summed E-state index contributed by atoms with van der Waals surface area (Å²) in [5.74, 6) is 0.111. The van der Waals surface area contributed by atoms with Crippen LogP contribution in [-0.4, -0.2) is 38.0 Å². The van der Waals surface area contributed by atoms with Gasteiger partial charge >= 0.3 is 0 Å². The van der Waals surface area contributed by atoms with E-state index in [4.69, 9.17) is 5.11 Å². The highest BCUT2D eigenvalue weighted by Gasteiger charge is 2.20. The summed E-state index contributed by atoms with van der Waals surface area (Å²) in [4.78, 5) is 0. The van der Waals surface area contributed by atoms with Crippen LogP contribution < -0.4 is 5.32 Å². The summed E-state index contributed by atoms with van der Waals surface area (Å²) < 4.78 is 21.8. The molecule has 1 aliphatic heterocycles. The number of nitrogens with one attached hydrogen (secondary N) is 1. The van der Waals surface area contributed by atoms with Crippen LogP contribution >= 0.6 is 0 Å². The smallest absolute Gasteiger partial charge is 0.173 e. The topological polar surface area (TPSA) is 66.4 Å². The Bertz CT molecular complexity index is 268. The highest BCUT2D eigenvalue weighted by Crippen LogP contribution is 2.07. The summed E-state index contributed by atoms with van der Waals surface area (Å²) >= 11 is 0. The van der Waals surface area contributed by atoms with Gasteiger partial charge in [-0.3, -0.25) is 0 Å². The molecule has 70 valence electrons. The van der Waals surface area contributed by atoms with Crippen molar-refractivity contribution in [2.75, 3.05) is 12.3 Å². The van der Waals surface area contributed by atoms with Gasteiger partial charge in [0.1, 0.15) is 0 Å². The van der Waals surface area contributed by atoms with E-state index in [1.54, 1.807) is 13.0 Å². The molecule has 1 rings (SSSR count). The Balaban J connectivity index is 2.35. The van der Waals surface area contributed by atoms with E-state index >= 15 is 0 Å². The number of aliphatic hydroxyl groups is 1. The van der Waals surface area contributed by atoms with Crippen LogP contribution in [0.5, 0.6) is 0 Å². The van der Waals surface area contributed by atoms with Gasteiger partial charge in [0.15, 0.2) is 9.84 Å². The van der Waals surface area contributed by atoms with Gasteiger partial charge in [-0.1, -0.05) is 6.08 Å². The van der Waals surface area contributed by atoms with E-state index in [-0.39, 0.29) is 11.8 Å². The zero-order valence-electron chi connectivity index (χ0n) is 6.90. The van der Waals surface area contributed by atoms with Gasteiger partial charge in [0.2, 0.25) is 0 Å². The molecule has 0 fully saturated rings. The van der Waals surface area contributed by atoms with Crippen molar-refractivity contribution in [1.82, 2.24) is 5.32 Å². The van der Waals surface area contributed by atoms with Crippen molar-refractivity contribution < 1.29 is 13.5 Å². The van der Waals surface area contributed by atoms with Crippen LogP contribution in [-0.2, 0) is 9.84 Å². The normalized spacial score (nSPS) is 29.0. The van der Waals surface area contributed by atoms with Crippen molar-refractivity contribution >= 4 is 9.84 Å². The molecule has 0 spiro atoms. The predicted octanol–water partition coefficient (Wildman–Crippen LogP) is -0.732. The molecule has 12 heavy (non-hydrogen) atoms. The van der Waals surface area contributed by atoms with Crippen LogP contribution in [0.3, 0.4) is 0 Å². The maximum atomic E-state index is 10.9. The number of rotatable bonds is 3. The maximum Gasteiger partial charge on any atom is 0.173 e. The third-order valence-corrected chi connectivity index (χ3v) is 3.00. The van der Waals surface area contributed by atoms with E-state index < -0.39 is 15.9 Å². The minimum atomic E-state index is -2.97. The van der Waals surface area contributed by atoms with Crippen LogP contribution in [0.4, 0.5) is 0 Å². The highest BCUT2D eigenvalue weighted by atomic mass is 32.2. The van der Waals surface area contributed by atoms with Gasteiger partial charge < -0.3 is 10.4 Å². The van der Waals surface area contributed by atoms with Crippen molar-refractivity contribution in [3.05, 3.63) is 11.5 Å². The van der Waals surface area contributed by atoms with E-state index in [1.165, 1.54) is 5.41 Å². The van der Waals surface area contributed by atoms with Crippen LogP contribution in [0.25, 0.3) is 0 Å². The molecule has 2 atom stereocenters. The first-order valence-electron chi connectivity index (χ1n) is 3.82. The zero-order chi connectivity index (χ0) is 9.19. The number of hydrogen-bond donors (Lipinski definition) is 2. The van der Waals surface area contributed by atoms with Crippen molar-refractivity contribution in [3.63, 3.8) is 0 Å². The lowest BCUT2D eigenvalue weighted by molar-refractivity contribution is 0.189. The molecule has 0 aliphatic carbocycles. The van der Waals surface area contributed by atoms with Crippen LogP contribution in [0, 0.1) is 0 Å². The fourth-order valence-corrected chi connectivity index (χ4v) is 2.29. The Hall–Kier alpha value is -0.390. The lowest BCUT2D eigenvalue weighted by Crippen LogP contribution is -2.35. The number of sulfone groups is 1. The molecule has 1 heterocycles. The Morgan fingerprint density at radius 2 is 2.42 bits per heavy atom. The van der Waals surface area contributed by atoms with Crippen LogP contribution in [0.2, 0.25) is 0 Å². The van der Waals surface area contributed by atoms with E-state index in [0.29, 0.717) is 6.54 Å². The standard InChI is InChI=1S/C7H13NO3S/c1-6(9)4-8-7-2-3-12(10,11)5-7/h2-3,6-9H,4-5H2,1H3/t6-,7?/m1/s1. The molecule has 0 aromatic rings. The number of hydrogen-bond acceptors (Lipinski definition) is 4. The molecule has 0 aromatic heterocycles. The predicted molar refractivity (Wildman–Crippen MR) is 46.4 cm³/mol. The van der Waals surface area contributed by atoms with Crippen molar-refractivity contribution in [3.8, 4) is 0 Å². The molecule has 0 bridgehead atoms. The van der Waals surface area contributed by atoms with Crippen molar-refractivity contribution in [2.24, 2.45) is 0 Å². The third-order valence-electron chi connectivity index (χ3n) is 1.61. The molecule has 4 nitrogen and oxygen atoms in total. The third kappa shape index (κ3) is 2.92. The summed E-state index contributed by atoms with van der Waals surface area (Å²) in [6.07, 6.45) is 1.17. The minimum Gasteiger partial charge on any atom is -0.392 e. The molecule has 0 radical (unpaired) electrons. The lowest BCUT2D eigenvalue weighted by atomic mass is 10.3. The first kappa shape index (κ1) is 9.70. The number of aliphatic hydroxyl groups excluding tert-OH is 1. The summed E-state index contributed by atoms with van der Waals surface area (Å²) in [6.45, 7) is 2.07. The van der Waals surface area contributed by atoms with Crippen molar-refractivity contribution in [1.29, 1.82) is 0 Å². The van der Waals surface area contributed by atoms with Gasteiger partial charge in [0, 0.05) is 18.0 Å². The molecule has 1 unspecified atom stereocenters. The molecule has 5 heteroatoms. The van der Waals surface area contributed by atoms with Gasteiger partial charge in [0.05, 0.1) is 11.9 Å². The lowest BCUT2D eigenvalue weighted by Gasteiger charge is -2.10. The van der Waals surface area contributed by atoms with Gasteiger partial charge in [-0.25, -0.2) is 8.42 Å². The first-order chi connectivity index (χ1) is 5.49. The zero-order valence-corrected chi connectivity index (χ0v) is 7.71. The van der Waals surface area contributed by atoms with Crippen LogP contribution in [0.1, 0.15) is 6.92 Å². The summed E-state index contributed by atoms with van der Waals surface area (Å²) in [6, 6.07) is -0.135. The highest BCUT2D eigenvalue weighted by molar-refractivity contribution is 7.94. The second kappa shape index (κ2) is 3.55. The molecule has 0 saturated carbocycles. The molecule has 2 N–H and O–H groups in total. The van der Waals surface area contributed by atoms with Gasteiger partial charge in [-0.2, -0.15) is 0 Å². The Kier molecular flexibility index (Phi) is 2.87. The van der Waals surface area contributed by atoms with Gasteiger partial charge in [0.25, 0.3) is 0 Å². The largest absolute Gasteiger partial charge is 0.392 e. The fourth-order valence-electron chi connectivity index (χ4n) is 1.02. The molecule has 0 saturated heterocycles. The maximum absolute atomic E-state index is 10.9. The second-order valence-corrected chi connectivity index (χ2v) is 4.95. The van der Waals surface area contributed by atoms with Gasteiger partial charge in [-0.05, 0) is 6.92 Å². The first-order valence-corrected chi connectivity index (χ1v) is 5.53. The quantitative estimate of drug-likeness (QED) is 0.617. The second-order valence-electron chi connectivity index (χ2n) is 3.02. The average Bonchev–Trinajstić information content (AvgIpc) is 2.26. The van der Waals surface area contributed by atoms with Crippen molar-refractivity contribution in [2.45, 2.75) is 19.1 Å². The van der Waals surface area contributed by atoms with E-state index in [0.717, 1.165) is 0 Å². The fraction of sp³-hybridized carbons (Fsp3) is 0.714. The Morgan fingerprint density at radius 1 is 1.75 bits per heavy atom. The summed E-state index contributed by atoms with van der Waals surface area (Å²) in [5.41, 5.74) is 0. The molecular formula is C7H13NO3S. The van der Waals surface area contributed by atoms with Crippen LogP contribution in [0.15, 0.2) is 11.5 Å². The minimum absolute atomic E-state index is 0.111. The van der Waals surface area contributed by atoms with E-state index in [1.807, 2.05) is 0 Å². The van der Waals surface area contributed by atoms with Gasteiger partial charge in [-0.15, -0.1) is 0 Å². The van der Waals surface area contributed by atoms with E-state index in [2.05, 4.69) is 5.32 Å².